The number of methoxy groups -OCH3 is 1. The SMILES string of the molecule is COC(=O)[C@@H]1CC=C[C@H]1C1SCCS1. The molecule has 4 heteroatoms. The Morgan fingerprint density at radius 3 is 2.79 bits per heavy atom. The lowest BCUT2D eigenvalue weighted by molar-refractivity contribution is -0.146. The normalized spacial score (nSPS) is 32.4. The molecule has 1 aliphatic heterocycles. The molecule has 2 atom stereocenters. The van der Waals surface area contributed by atoms with Crippen molar-refractivity contribution in [2.24, 2.45) is 11.8 Å². The Morgan fingerprint density at radius 1 is 1.43 bits per heavy atom. The average Bonchev–Trinajstić information content (AvgIpc) is 2.85. The molecular weight excluding hydrogens is 216 g/mol. The third-order valence-electron chi connectivity index (χ3n) is 2.68. The van der Waals surface area contributed by atoms with Crippen LogP contribution in [0.4, 0.5) is 0 Å². The van der Waals surface area contributed by atoms with E-state index in [1.165, 1.54) is 18.6 Å². The van der Waals surface area contributed by atoms with Crippen LogP contribution in [0.25, 0.3) is 0 Å². The lowest BCUT2D eigenvalue weighted by Crippen LogP contribution is -2.25. The Balaban J connectivity index is 2.01. The van der Waals surface area contributed by atoms with Crippen molar-refractivity contribution in [2.75, 3.05) is 18.6 Å². The predicted molar refractivity (Wildman–Crippen MR) is 61.5 cm³/mol. The molecule has 0 aromatic rings. The summed E-state index contributed by atoms with van der Waals surface area (Å²) in [6, 6.07) is 0. The third-order valence-corrected chi connectivity index (χ3v) is 5.92. The summed E-state index contributed by atoms with van der Waals surface area (Å²) in [7, 11) is 1.48. The van der Waals surface area contributed by atoms with Crippen molar-refractivity contribution in [3.8, 4) is 0 Å². The van der Waals surface area contributed by atoms with Gasteiger partial charge in [0.05, 0.1) is 17.6 Å². The van der Waals surface area contributed by atoms with Gasteiger partial charge in [-0.15, -0.1) is 23.5 Å². The van der Waals surface area contributed by atoms with Gasteiger partial charge in [-0.1, -0.05) is 12.2 Å². The highest BCUT2D eigenvalue weighted by molar-refractivity contribution is 8.20. The number of rotatable bonds is 2. The van der Waals surface area contributed by atoms with Crippen molar-refractivity contribution >= 4 is 29.5 Å². The van der Waals surface area contributed by atoms with Gasteiger partial charge in [-0.3, -0.25) is 4.79 Å². The largest absolute Gasteiger partial charge is 0.469 e. The van der Waals surface area contributed by atoms with Crippen molar-refractivity contribution in [2.45, 2.75) is 11.0 Å². The Labute approximate surface area is 92.8 Å². The van der Waals surface area contributed by atoms with Gasteiger partial charge in [-0.25, -0.2) is 0 Å². The second-order valence-electron chi connectivity index (χ2n) is 3.48. The van der Waals surface area contributed by atoms with Crippen LogP contribution in [0.5, 0.6) is 0 Å². The smallest absolute Gasteiger partial charge is 0.309 e. The zero-order valence-electron chi connectivity index (χ0n) is 8.14. The molecule has 2 nitrogen and oxygen atoms in total. The second-order valence-corrected chi connectivity index (χ2v) is 6.28. The highest BCUT2D eigenvalue weighted by Gasteiger charge is 2.37. The molecule has 1 heterocycles. The van der Waals surface area contributed by atoms with Crippen LogP contribution in [0.2, 0.25) is 0 Å². The molecule has 78 valence electrons. The van der Waals surface area contributed by atoms with E-state index in [0.717, 1.165) is 6.42 Å². The standard InChI is InChI=1S/C10H14O2S2/c1-12-9(11)7-3-2-4-8(7)10-13-5-6-14-10/h2,4,7-8,10H,3,5-6H2,1H3/t7-,8-/m1/s1. The highest BCUT2D eigenvalue weighted by Crippen LogP contribution is 2.44. The van der Waals surface area contributed by atoms with Gasteiger partial charge in [-0.05, 0) is 6.42 Å². The molecule has 2 aliphatic rings. The first-order valence-corrected chi connectivity index (χ1v) is 6.90. The fourth-order valence-corrected chi connectivity index (χ4v) is 5.16. The Kier molecular flexibility index (Phi) is 3.44. The number of carbonyl (C=O) groups is 1. The monoisotopic (exact) mass is 230 g/mol. The molecular formula is C10H14O2S2. The van der Waals surface area contributed by atoms with E-state index in [0.29, 0.717) is 10.5 Å². The summed E-state index contributed by atoms with van der Waals surface area (Å²) >= 11 is 3.95. The van der Waals surface area contributed by atoms with E-state index in [9.17, 15) is 4.79 Å². The van der Waals surface area contributed by atoms with Gasteiger partial charge in [-0.2, -0.15) is 0 Å². The van der Waals surface area contributed by atoms with E-state index in [1.54, 1.807) is 0 Å². The zero-order chi connectivity index (χ0) is 9.97. The van der Waals surface area contributed by atoms with Gasteiger partial charge < -0.3 is 4.74 Å². The van der Waals surface area contributed by atoms with Crippen molar-refractivity contribution in [1.29, 1.82) is 0 Å². The molecule has 0 radical (unpaired) electrons. The van der Waals surface area contributed by atoms with E-state index in [-0.39, 0.29) is 11.9 Å². The molecule has 2 rings (SSSR count). The second kappa shape index (κ2) is 4.62. The molecule has 0 aromatic heterocycles. The van der Waals surface area contributed by atoms with Crippen LogP contribution in [-0.2, 0) is 9.53 Å². The minimum atomic E-state index is -0.0481. The molecule has 0 saturated carbocycles. The van der Waals surface area contributed by atoms with Gasteiger partial charge in [0.15, 0.2) is 0 Å². The van der Waals surface area contributed by atoms with Gasteiger partial charge >= 0.3 is 5.97 Å². The average molecular weight is 230 g/mol. The molecule has 1 aliphatic carbocycles. The minimum Gasteiger partial charge on any atom is -0.469 e. The number of hydrogen-bond acceptors (Lipinski definition) is 4. The molecule has 0 N–H and O–H groups in total. The molecule has 1 saturated heterocycles. The van der Waals surface area contributed by atoms with E-state index >= 15 is 0 Å². The van der Waals surface area contributed by atoms with E-state index in [4.69, 9.17) is 4.74 Å². The van der Waals surface area contributed by atoms with Crippen LogP contribution in [0, 0.1) is 11.8 Å². The quantitative estimate of drug-likeness (QED) is 0.536. The van der Waals surface area contributed by atoms with Gasteiger partial charge in [0.1, 0.15) is 0 Å². The minimum absolute atomic E-state index is 0.0481. The van der Waals surface area contributed by atoms with E-state index in [1.807, 2.05) is 23.5 Å². The first-order chi connectivity index (χ1) is 6.83. The number of hydrogen-bond donors (Lipinski definition) is 0. The summed E-state index contributed by atoms with van der Waals surface area (Å²) in [6.45, 7) is 0. The summed E-state index contributed by atoms with van der Waals surface area (Å²) < 4.78 is 5.39. The lowest BCUT2D eigenvalue weighted by Gasteiger charge is -2.21. The van der Waals surface area contributed by atoms with Crippen molar-refractivity contribution < 1.29 is 9.53 Å². The molecule has 0 bridgehead atoms. The fourth-order valence-electron chi connectivity index (χ4n) is 1.96. The van der Waals surface area contributed by atoms with Crippen molar-refractivity contribution in [3.63, 3.8) is 0 Å². The number of carbonyl (C=O) groups excluding carboxylic acids is 1. The summed E-state index contributed by atoms with van der Waals surface area (Å²) in [4.78, 5) is 11.5. The maximum atomic E-state index is 11.5. The molecule has 0 aromatic carbocycles. The van der Waals surface area contributed by atoms with Crippen LogP contribution in [0.15, 0.2) is 12.2 Å². The van der Waals surface area contributed by atoms with E-state index < -0.39 is 0 Å². The van der Waals surface area contributed by atoms with E-state index in [2.05, 4.69) is 12.2 Å². The number of ether oxygens (including phenoxy) is 1. The van der Waals surface area contributed by atoms with Crippen LogP contribution < -0.4 is 0 Å². The van der Waals surface area contributed by atoms with Crippen molar-refractivity contribution in [1.82, 2.24) is 0 Å². The summed E-state index contributed by atoms with van der Waals surface area (Å²) in [5.74, 6) is 2.84. The first kappa shape index (κ1) is 10.4. The van der Waals surface area contributed by atoms with Crippen LogP contribution in [0.3, 0.4) is 0 Å². The molecule has 0 spiro atoms. The van der Waals surface area contributed by atoms with Crippen molar-refractivity contribution in [3.05, 3.63) is 12.2 Å². The van der Waals surface area contributed by atoms with Crippen LogP contribution in [0.1, 0.15) is 6.42 Å². The van der Waals surface area contributed by atoms with Crippen LogP contribution in [-0.4, -0.2) is 29.2 Å². The number of esters is 1. The van der Waals surface area contributed by atoms with Crippen LogP contribution >= 0.6 is 23.5 Å². The third kappa shape index (κ3) is 1.96. The molecule has 0 amide bonds. The number of allylic oxidation sites excluding steroid dienone is 2. The Hall–Kier alpha value is -0.0900. The summed E-state index contributed by atoms with van der Waals surface area (Å²) in [6.07, 6.45) is 5.16. The summed E-state index contributed by atoms with van der Waals surface area (Å²) in [5, 5.41) is 0. The number of thioether (sulfide) groups is 2. The molecule has 1 fully saturated rings. The summed E-state index contributed by atoms with van der Waals surface area (Å²) in [5.41, 5.74) is 0. The van der Waals surface area contributed by atoms with Gasteiger partial charge in [0.25, 0.3) is 0 Å². The highest BCUT2D eigenvalue weighted by atomic mass is 32.2. The fraction of sp³-hybridized carbons (Fsp3) is 0.700. The van der Waals surface area contributed by atoms with Gasteiger partial charge in [0.2, 0.25) is 0 Å². The topological polar surface area (TPSA) is 26.3 Å². The Bertz CT molecular complexity index is 247. The maximum absolute atomic E-state index is 11.5. The maximum Gasteiger partial charge on any atom is 0.309 e. The van der Waals surface area contributed by atoms with Gasteiger partial charge in [0, 0.05) is 17.4 Å². The zero-order valence-corrected chi connectivity index (χ0v) is 9.77. The predicted octanol–water partition coefficient (Wildman–Crippen LogP) is 2.16. The molecule has 14 heavy (non-hydrogen) atoms. The first-order valence-electron chi connectivity index (χ1n) is 4.80. The Morgan fingerprint density at radius 2 is 2.14 bits per heavy atom. The lowest BCUT2D eigenvalue weighted by atomic mass is 9.97. The molecule has 0 unspecified atom stereocenters.